The number of nitrogens with zero attached hydrogens (tertiary/aromatic N) is 1. The van der Waals surface area contributed by atoms with Crippen molar-refractivity contribution in [3.8, 4) is 0 Å². The van der Waals surface area contributed by atoms with Crippen molar-refractivity contribution < 1.29 is 0 Å². The first-order valence-electron chi connectivity index (χ1n) is 6.91. The molecule has 0 radical (unpaired) electrons. The molecule has 3 nitrogen and oxygen atoms in total. The highest BCUT2D eigenvalue weighted by Crippen LogP contribution is 2.32. The average Bonchev–Trinajstić information content (AvgIpc) is 2.48. The number of nitrogens with two attached hydrogens (primary N) is 1. The summed E-state index contributed by atoms with van der Waals surface area (Å²) < 4.78 is 0. The second-order valence-corrected chi connectivity index (χ2v) is 5.51. The van der Waals surface area contributed by atoms with E-state index < -0.39 is 0 Å². The molecule has 0 aliphatic rings. The molecule has 0 unspecified atom stereocenters. The van der Waals surface area contributed by atoms with Crippen molar-refractivity contribution in [2.24, 2.45) is 0 Å². The minimum Gasteiger partial charge on any atom is -0.397 e. The van der Waals surface area contributed by atoms with Crippen molar-refractivity contribution in [1.82, 2.24) is 0 Å². The summed E-state index contributed by atoms with van der Waals surface area (Å²) in [5, 5.41) is 4.19. The maximum absolute atomic E-state index is 6.02. The van der Waals surface area contributed by atoms with E-state index in [-0.39, 0.29) is 0 Å². The molecule has 0 heterocycles. The summed E-state index contributed by atoms with van der Waals surface area (Å²) in [6.07, 6.45) is 0. The molecule has 0 atom stereocenters. The summed E-state index contributed by atoms with van der Waals surface area (Å²) >= 11 is 12.0. The van der Waals surface area contributed by atoms with E-state index >= 15 is 0 Å². The Bertz CT molecular complexity index is 608. The number of nitrogen functional groups attached to an aromatic ring is 1. The quantitative estimate of drug-likeness (QED) is 0.746. The van der Waals surface area contributed by atoms with Gasteiger partial charge in [-0.2, -0.15) is 0 Å². The lowest BCUT2D eigenvalue weighted by atomic mass is 10.2. The van der Waals surface area contributed by atoms with E-state index in [1.807, 2.05) is 12.1 Å². The summed E-state index contributed by atoms with van der Waals surface area (Å²) in [6.45, 7) is 6.27. The van der Waals surface area contributed by atoms with Gasteiger partial charge in [0.25, 0.3) is 0 Å². The predicted molar refractivity (Wildman–Crippen MR) is 94.2 cm³/mol. The summed E-state index contributed by atoms with van der Waals surface area (Å²) in [6, 6.07) is 11.6. The molecule has 0 bridgehead atoms. The van der Waals surface area contributed by atoms with E-state index in [4.69, 9.17) is 28.9 Å². The third kappa shape index (κ3) is 3.74. The van der Waals surface area contributed by atoms with Crippen LogP contribution in [0.15, 0.2) is 36.4 Å². The predicted octanol–water partition coefficient (Wildman–Crippen LogP) is 5.17. The first-order valence-corrected chi connectivity index (χ1v) is 7.67. The van der Waals surface area contributed by atoms with Gasteiger partial charge in [-0.25, -0.2) is 0 Å². The fourth-order valence-electron chi connectivity index (χ4n) is 2.17. The van der Waals surface area contributed by atoms with Gasteiger partial charge in [-0.1, -0.05) is 23.2 Å². The molecule has 2 aromatic carbocycles. The van der Waals surface area contributed by atoms with Crippen molar-refractivity contribution in [2.45, 2.75) is 13.8 Å². The number of hydrogen-bond acceptors (Lipinski definition) is 3. The van der Waals surface area contributed by atoms with E-state index in [2.05, 4.69) is 36.2 Å². The Balaban J connectivity index is 2.19. The molecular weight excluding hydrogens is 305 g/mol. The number of nitrogens with one attached hydrogen (secondary N) is 1. The summed E-state index contributed by atoms with van der Waals surface area (Å²) in [5.41, 5.74) is 9.42. The third-order valence-electron chi connectivity index (χ3n) is 3.37. The van der Waals surface area contributed by atoms with Gasteiger partial charge in [0, 0.05) is 24.5 Å². The van der Waals surface area contributed by atoms with Crippen LogP contribution >= 0.6 is 23.2 Å². The number of halogens is 2. The Morgan fingerprint density at radius 3 is 2.14 bits per heavy atom. The molecule has 0 fully saturated rings. The lowest BCUT2D eigenvalue weighted by Gasteiger charge is -2.21. The Labute approximate surface area is 135 Å². The number of benzene rings is 2. The molecule has 0 saturated carbocycles. The van der Waals surface area contributed by atoms with Gasteiger partial charge in [-0.3, -0.25) is 0 Å². The van der Waals surface area contributed by atoms with E-state index in [1.165, 1.54) is 5.69 Å². The second kappa shape index (κ2) is 6.92. The third-order valence-corrected chi connectivity index (χ3v) is 4.09. The Kier molecular flexibility index (Phi) is 5.21. The summed E-state index contributed by atoms with van der Waals surface area (Å²) in [5.74, 6) is 0. The molecule has 0 saturated heterocycles. The zero-order chi connectivity index (χ0) is 15.4. The maximum Gasteiger partial charge on any atom is 0.0633 e. The number of anilines is 4. The second-order valence-electron chi connectivity index (χ2n) is 4.70. The minimum absolute atomic E-state index is 0.455. The molecular formula is C16H19Cl2N3. The summed E-state index contributed by atoms with van der Waals surface area (Å²) in [7, 11) is 0. The molecule has 0 aliphatic carbocycles. The van der Waals surface area contributed by atoms with Crippen LogP contribution in [0.1, 0.15) is 13.8 Å². The highest BCUT2D eigenvalue weighted by Gasteiger charge is 2.06. The molecule has 0 spiro atoms. The Hall–Kier alpha value is -1.58. The first kappa shape index (κ1) is 15.8. The molecule has 5 heteroatoms. The largest absolute Gasteiger partial charge is 0.397 e. The standard InChI is InChI=1S/C16H19Cl2N3/c1-3-21(4-2)12-7-5-11(6-8-12)20-16-10-14(18)13(17)9-15(16)19/h5-10,20H,3-4,19H2,1-2H3. The van der Waals surface area contributed by atoms with Crippen molar-refractivity contribution >= 4 is 46.0 Å². The lowest BCUT2D eigenvalue weighted by Crippen LogP contribution is -2.21. The van der Waals surface area contributed by atoms with Gasteiger partial charge in [0.15, 0.2) is 0 Å². The van der Waals surface area contributed by atoms with Crippen LogP contribution in [0.2, 0.25) is 10.0 Å². The van der Waals surface area contributed by atoms with Crippen LogP contribution < -0.4 is 16.0 Å². The van der Waals surface area contributed by atoms with Gasteiger partial charge in [-0.05, 0) is 50.2 Å². The van der Waals surface area contributed by atoms with Gasteiger partial charge in [0.2, 0.25) is 0 Å². The monoisotopic (exact) mass is 323 g/mol. The van der Waals surface area contributed by atoms with E-state index in [0.29, 0.717) is 15.7 Å². The normalized spacial score (nSPS) is 10.5. The molecule has 2 rings (SSSR count). The van der Waals surface area contributed by atoms with Crippen LogP contribution in [-0.2, 0) is 0 Å². The fraction of sp³-hybridized carbons (Fsp3) is 0.250. The smallest absolute Gasteiger partial charge is 0.0633 e. The van der Waals surface area contributed by atoms with Crippen molar-refractivity contribution in [3.63, 3.8) is 0 Å². The van der Waals surface area contributed by atoms with Crippen molar-refractivity contribution in [2.75, 3.05) is 29.0 Å². The van der Waals surface area contributed by atoms with E-state index in [0.717, 1.165) is 24.5 Å². The first-order chi connectivity index (χ1) is 10.0. The van der Waals surface area contributed by atoms with Crippen LogP contribution in [0.5, 0.6) is 0 Å². The Morgan fingerprint density at radius 1 is 1.00 bits per heavy atom. The van der Waals surface area contributed by atoms with Crippen molar-refractivity contribution in [1.29, 1.82) is 0 Å². The van der Waals surface area contributed by atoms with Crippen LogP contribution in [0.4, 0.5) is 22.7 Å². The van der Waals surface area contributed by atoms with Crippen molar-refractivity contribution in [3.05, 3.63) is 46.4 Å². The zero-order valence-electron chi connectivity index (χ0n) is 12.2. The van der Waals surface area contributed by atoms with Crippen LogP contribution in [-0.4, -0.2) is 13.1 Å². The van der Waals surface area contributed by atoms with Crippen LogP contribution in [0, 0.1) is 0 Å². The maximum atomic E-state index is 6.02. The van der Waals surface area contributed by atoms with Gasteiger partial charge < -0.3 is 16.0 Å². The lowest BCUT2D eigenvalue weighted by molar-refractivity contribution is 0.866. The molecule has 0 amide bonds. The number of rotatable bonds is 5. The van der Waals surface area contributed by atoms with Gasteiger partial charge in [0.1, 0.15) is 0 Å². The van der Waals surface area contributed by atoms with E-state index in [1.54, 1.807) is 12.1 Å². The van der Waals surface area contributed by atoms with Gasteiger partial charge >= 0.3 is 0 Å². The molecule has 112 valence electrons. The fourth-order valence-corrected chi connectivity index (χ4v) is 2.51. The number of hydrogen-bond donors (Lipinski definition) is 2. The topological polar surface area (TPSA) is 41.3 Å². The molecule has 2 aromatic rings. The summed E-state index contributed by atoms with van der Waals surface area (Å²) in [4.78, 5) is 2.29. The highest BCUT2D eigenvalue weighted by atomic mass is 35.5. The van der Waals surface area contributed by atoms with Crippen LogP contribution in [0.25, 0.3) is 0 Å². The zero-order valence-corrected chi connectivity index (χ0v) is 13.7. The van der Waals surface area contributed by atoms with Gasteiger partial charge in [0.05, 0.1) is 21.4 Å². The molecule has 0 aromatic heterocycles. The molecule has 21 heavy (non-hydrogen) atoms. The van der Waals surface area contributed by atoms with Gasteiger partial charge in [-0.15, -0.1) is 0 Å². The highest BCUT2D eigenvalue weighted by molar-refractivity contribution is 6.42. The van der Waals surface area contributed by atoms with E-state index in [9.17, 15) is 0 Å². The molecule has 3 N–H and O–H groups in total. The molecule has 0 aliphatic heterocycles. The Morgan fingerprint density at radius 2 is 1.57 bits per heavy atom. The SMILES string of the molecule is CCN(CC)c1ccc(Nc2cc(Cl)c(Cl)cc2N)cc1. The minimum atomic E-state index is 0.455. The average molecular weight is 324 g/mol. The van der Waals surface area contributed by atoms with Crippen LogP contribution in [0.3, 0.4) is 0 Å².